The monoisotopic (exact) mass is 313 g/mol. The van der Waals surface area contributed by atoms with Crippen molar-refractivity contribution in [1.82, 2.24) is 5.32 Å². The number of nitrogens with one attached hydrogen (secondary N) is 1. The molecule has 2 aromatic rings. The first-order valence-electron chi connectivity index (χ1n) is 6.99. The van der Waals surface area contributed by atoms with Gasteiger partial charge in [-0.15, -0.1) is 0 Å². The fourth-order valence-electron chi connectivity index (χ4n) is 2.52. The highest BCUT2D eigenvalue weighted by Gasteiger charge is 2.29. The molecule has 2 aromatic carbocycles. The minimum atomic E-state index is -0.783. The van der Waals surface area contributed by atoms with Gasteiger partial charge in [-0.3, -0.25) is 14.9 Å². The molecule has 0 radical (unpaired) electrons. The average Bonchev–Trinajstić information content (AvgIpc) is 2.54. The van der Waals surface area contributed by atoms with Gasteiger partial charge in [-0.25, -0.2) is 0 Å². The molecule has 0 spiro atoms. The summed E-state index contributed by atoms with van der Waals surface area (Å²) in [5, 5.41) is 13.8. The number of carbonyl (C=O) groups is 1. The van der Waals surface area contributed by atoms with E-state index in [0.717, 1.165) is 5.69 Å². The number of para-hydroxylation sites is 1. The zero-order valence-electron chi connectivity index (χ0n) is 12.6. The van der Waals surface area contributed by atoms with Gasteiger partial charge < -0.3 is 15.0 Å². The van der Waals surface area contributed by atoms with Crippen molar-refractivity contribution in [3.63, 3.8) is 0 Å². The van der Waals surface area contributed by atoms with Crippen LogP contribution in [0.5, 0.6) is 5.75 Å². The normalized spacial score (nSPS) is 16.1. The smallest absolute Gasteiger partial charge is 0.270 e. The molecule has 1 aliphatic heterocycles. The molecule has 3 rings (SSSR count). The molecular weight excluding hydrogens is 298 g/mol. The van der Waals surface area contributed by atoms with Gasteiger partial charge in [0.2, 0.25) is 6.23 Å². The van der Waals surface area contributed by atoms with Crippen LogP contribution in [0.15, 0.2) is 42.5 Å². The van der Waals surface area contributed by atoms with Gasteiger partial charge in [0.15, 0.2) is 0 Å². The van der Waals surface area contributed by atoms with E-state index < -0.39 is 11.2 Å². The van der Waals surface area contributed by atoms with E-state index in [-0.39, 0.29) is 11.6 Å². The average molecular weight is 313 g/mol. The van der Waals surface area contributed by atoms with Gasteiger partial charge >= 0.3 is 0 Å². The number of rotatable bonds is 3. The maximum atomic E-state index is 12.2. The van der Waals surface area contributed by atoms with Crippen LogP contribution in [0.3, 0.4) is 0 Å². The number of hydrogen-bond donors (Lipinski definition) is 1. The topological polar surface area (TPSA) is 84.7 Å². The highest BCUT2D eigenvalue weighted by atomic mass is 16.6. The van der Waals surface area contributed by atoms with Crippen molar-refractivity contribution in [2.45, 2.75) is 6.23 Å². The predicted molar refractivity (Wildman–Crippen MR) is 84.7 cm³/mol. The van der Waals surface area contributed by atoms with E-state index >= 15 is 0 Å². The minimum Gasteiger partial charge on any atom is -0.465 e. The molecule has 0 aromatic heterocycles. The lowest BCUT2D eigenvalue weighted by Crippen LogP contribution is -2.37. The van der Waals surface area contributed by atoms with E-state index in [0.29, 0.717) is 16.9 Å². The van der Waals surface area contributed by atoms with Crippen molar-refractivity contribution in [2.24, 2.45) is 0 Å². The van der Waals surface area contributed by atoms with Crippen LogP contribution in [-0.2, 0) is 0 Å². The molecule has 0 unspecified atom stereocenters. The molecule has 0 aliphatic carbocycles. The SMILES string of the molecule is CN(C)c1ccc([N+](=O)[O-])cc1[C@@H]1NC(=O)c2ccccc2O1. The van der Waals surface area contributed by atoms with E-state index in [1.54, 1.807) is 30.3 Å². The number of carbonyl (C=O) groups excluding carboxylic acids is 1. The lowest BCUT2D eigenvalue weighted by molar-refractivity contribution is -0.385. The number of non-ortho nitro benzene ring substituents is 1. The van der Waals surface area contributed by atoms with Crippen molar-refractivity contribution in [3.05, 3.63) is 63.7 Å². The van der Waals surface area contributed by atoms with Crippen LogP contribution >= 0.6 is 0 Å². The van der Waals surface area contributed by atoms with Crippen LogP contribution in [0.2, 0.25) is 0 Å². The Kier molecular flexibility index (Phi) is 3.61. The molecule has 1 atom stereocenters. The largest absolute Gasteiger partial charge is 0.465 e. The Morgan fingerprint density at radius 1 is 1.22 bits per heavy atom. The molecular formula is C16H15N3O4. The summed E-state index contributed by atoms with van der Waals surface area (Å²) >= 11 is 0. The predicted octanol–water partition coefficient (Wildman–Crippen LogP) is 2.48. The number of amides is 1. The molecule has 0 fully saturated rings. The third-order valence-corrected chi connectivity index (χ3v) is 3.62. The Labute approximate surface area is 132 Å². The highest BCUT2D eigenvalue weighted by Crippen LogP contribution is 2.34. The lowest BCUT2D eigenvalue weighted by Gasteiger charge is -2.29. The standard InChI is InChI=1S/C16H15N3O4/c1-18(2)13-8-7-10(19(21)22)9-12(13)16-17-15(20)11-5-3-4-6-14(11)23-16/h3-9,16H,1-2H3,(H,17,20)/t16-/m1/s1. The Morgan fingerprint density at radius 3 is 2.65 bits per heavy atom. The third-order valence-electron chi connectivity index (χ3n) is 3.62. The van der Waals surface area contributed by atoms with Crippen LogP contribution < -0.4 is 15.0 Å². The third kappa shape index (κ3) is 2.68. The molecule has 7 nitrogen and oxygen atoms in total. The molecule has 1 N–H and O–H groups in total. The number of anilines is 1. The van der Waals surface area contributed by atoms with Gasteiger partial charge in [-0.1, -0.05) is 12.1 Å². The first-order valence-corrected chi connectivity index (χ1v) is 6.99. The van der Waals surface area contributed by atoms with Gasteiger partial charge in [0.05, 0.1) is 10.5 Å². The van der Waals surface area contributed by atoms with Gasteiger partial charge in [-0.2, -0.15) is 0 Å². The van der Waals surface area contributed by atoms with E-state index in [2.05, 4.69) is 5.32 Å². The quantitative estimate of drug-likeness (QED) is 0.695. The summed E-state index contributed by atoms with van der Waals surface area (Å²) in [6.07, 6.45) is -0.783. The van der Waals surface area contributed by atoms with Crippen LogP contribution in [0.4, 0.5) is 11.4 Å². The fraction of sp³-hybridized carbons (Fsp3) is 0.188. The first kappa shape index (κ1) is 14.8. The minimum absolute atomic E-state index is 0.0534. The molecule has 1 aliphatic rings. The molecule has 0 saturated heterocycles. The number of fused-ring (bicyclic) bond motifs is 1. The highest BCUT2D eigenvalue weighted by molar-refractivity contribution is 5.98. The molecule has 23 heavy (non-hydrogen) atoms. The van der Waals surface area contributed by atoms with Crippen molar-refractivity contribution in [3.8, 4) is 5.75 Å². The van der Waals surface area contributed by atoms with E-state index in [1.165, 1.54) is 12.1 Å². The summed E-state index contributed by atoms with van der Waals surface area (Å²) in [7, 11) is 3.65. The van der Waals surface area contributed by atoms with Crippen LogP contribution in [0, 0.1) is 10.1 Å². The molecule has 7 heteroatoms. The second kappa shape index (κ2) is 5.60. The second-order valence-corrected chi connectivity index (χ2v) is 5.36. The zero-order valence-corrected chi connectivity index (χ0v) is 12.6. The van der Waals surface area contributed by atoms with E-state index in [9.17, 15) is 14.9 Å². The summed E-state index contributed by atoms with van der Waals surface area (Å²) in [5.74, 6) is 0.186. The number of nitro groups is 1. The summed E-state index contributed by atoms with van der Waals surface area (Å²) in [6.45, 7) is 0. The number of hydrogen-bond acceptors (Lipinski definition) is 5. The van der Waals surface area contributed by atoms with Gasteiger partial charge in [0.1, 0.15) is 5.75 Å². The van der Waals surface area contributed by atoms with Crippen molar-refractivity contribution < 1.29 is 14.5 Å². The summed E-state index contributed by atoms with van der Waals surface area (Å²) < 4.78 is 5.83. The Balaban J connectivity index is 2.06. The molecule has 0 bridgehead atoms. The van der Waals surface area contributed by atoms with Crippen molar-refractivity contribution >= 4 is 17.3 Å². The van der Waals surface area contributed by atoms with Crippen molar-refractivity contribution in [1.29, 1.82) is 0 Å². The Bertz CT molecular complexity index is 789. The molecule has 1 heterocycles. The second-order valence-electron chi connectivity index (χ2n) is 5.36. The van der Waals surface area contributed by atoms with E-state index in [4.69, 9.17) is 4.74 Å². The summed E-state index contributed by atoms with van der Waals surface area (Å²) in [4.78, 5) is 24.6. The van der Waals surface area contributed by atoms with E-state index in [1.807, 2.05) is 19.0 Å². The fourth-order valence-corrected chi connectivity index (χ4v) is 2.52. The Hall–Kier alpha value is -3.09. The van der Waals surface area contributed by atoms with Gasteiger partial charge in [0, 0.05) is 37.5 Å². The number of ether oxygens (including phenoxy) is 1. The summed E-state index contributed by atoms with van der Waals surface area (Å²) in [5.41, 5.74) is 1.66. The van der Waals surface area contributed by atoms with Crippen LogP contribution in [0.25, 0.3) is 0 Å². The van der Waals surface area contributed by atoms with Crippen molar-refractivity contribution in [2.75, 3.05) is 19.0 Å². The Morgan fingerprint density at radius 2 is 1.96 bits per heavy atom. The maximum Gasteiger partial charge on any atom is 0.270 e. The summed E-state index contributed by atoms with van der Waals surface area (Å²) in [6, 6.07) is 11.4. The number of nitro benzene ring substituents is 1. The molecule has 0 saturated carbocycles. The molecule has 1 amide bonds. The van der Waals surface area contributed by atoms with Crippen LogP contribution in [0.1, 0.15) is 22.1 Å². The number of benzene rings is 2. The molecule has 118 valence electrons. The first-order chi connectivity index (χ1) is 11.0. The van der Waals surface area contributed by atoms with Gasteiger partial charge in [-0.05, 0) is 18.2 Å². The van der Waals surface area contributed by atoms with Gasteiger partial charge in [0.25, 0.3) is 11.6 Å². The maximum absolute atomic E-state index is 12.2. The number of nitrogens with zero attached hydrogens (tertiary/aromatic N) is 2. The zero-order chi connectivity index (χ0) is 16.6. The lowest BCUT2D eigenvalue weighted by atomic mass is 10.1. The van der Waals surface area contributed by atoms with Crippen LogP contribution in [-0.4, -0.2) is 24.9 Å².